The molecular formula is C19H15N3O3. The molecule has 0 spiro atoms. The van der Waals surface area contributed by atoms with Crippen molar-refractivity contribution in [3.63, 3.8) is 0 Å². The van der Waals surface area contributed by atoms with Gasteiger partial charge in [0.2, 0.25) is 0 Å². The van der Waals surface area contributed by atoms with Crippen molar-refractivity contribution in [2.24, 2.45) is 0 Å². The number of pyridine rings is 1. The minimum absolute atomic E-state index is 0.265. The Morgan fingerprint density at radius 1 is 1.12 bits per heavy atom. The van der Waals surface area contributed by atoms with Gasteiger partial charge < -0.3 is 19.9 Å². The molecule has 0 aliphatic carbocycles. The van der Waals surface area contributed by atoms with Crippen LogP contribution in [0.4, 0.5) is 5.82 Å². The lowest BCUT2D eigenvalue weighted by atomic mass is 10.1. The highest BCUT2D eigenvalue weighted by molar-refractivity contribution is 5.96. The van der Waals surface area contributed by atoms with Gasteiger partial charge in [-0.15, -0.1) is 0 Å². The van der Waals surface area contributed by atoms with E-state index < -0.39 is 0 Å². The fraction of sp³-hybridized carbons (Fsp3) is 0.0526. The first-order chi connectivity index (χ1) is 12.2. The topological polar surface area (TPSA) is 94.3 Å². The molecule has 3 N–H and O–H groups in total. The van der Waals surface area contributed by atoms with Gasteiger partial charge in [0.25, 0.3) is 5.91 Å². The lowest BCUT2D eigenvalue weighted by Crippen LogP contribution is -2.22. The fourth-order valence-corrected chi connectivity index (χ4v) is 2.63. The van der Waals surface area contributed by atoms with E-state index in [0.717, 1.165) is 22.1 Å². The minimum Gasteiger partial charge on any atom is -0.472 e. The first-order valence-electron chi connectivity index (χ1n) is 7.74. The Bertz CT molecular complexity index is 1040. The standard InChI is InChI=1S/C19H15N3O3/c20-18-7-12(3-5-21-18)10-22-19(23)17-9-14-2-1-13(8-16(14)25-17)15-4-6-24-11-15/h1-9,11H,10H2,(H2,20,21)(H,22,23). The van der Waals surface area contributed by atoms with E-state index >= 15 is 0 Å². The summed E-state index contributed by atoms with van der Waals surface area (Å²) in [5, 5.41) is 3.68. The molecule has 25 heavy (non-hydrogen) atoms. The molecule has 4 rings (SSSR count). The highest BCUT2D eigenvalue weighted by atomic mass is 16.3. The van der Waals surface area contributed by atoms with Crippen molar-refractivity contribution in [3.05, 3.63) is 72.5 Å². The molecule has 0 unspecified atom stereocenters. The molecule has 4 aromatic rings. The molecule has 1 amide bonds. The predicted molar refractivity (Wildman–Crippen MR) is 93.7 cm³/mol. The summed E-state index contributed by atoms with van der Waals surface area (Å²) in [7, 11) is 0. The first kappa shape index (κ1) is 15.0. The molecule has 0 saturated carbocycles. The molecule has 6 nitrogen and oxygen atoms in total. The van der Waals surface area contributed by atoms with E-state index in [4.69, 9.17) is 14.6 Å². The summed E-state index contributed by atoms with van der Waals surface area (Å²) in [6.07, 6.45) is 4.89. The Morgan fingerprint density at radius 2 is 2.04 bits per heavy atom. The summed E-state index contributed by atoms with van der Waals surface area (Å²) in [6.45, 7) is 0.350. The Balaban J connectivity index is 1.53. The molecule has 3 aromatic heterocycles. The number of aromatic nitrogens is 1. The molecule has 0 aliphatic heterocycles. The first-order valence-corrected chi connectivity index (χ1v) is 7.74. The molecule has 0 saturated heterocycles. The van der Waals surface area contributed by atoms with Crippen LogP contribution >= 0.6 is 0 Å². The van der Waals surface area contributed by atoms with Crippen LogP contribution < -0.4 is 11.1 Å². The zero-order valence-corrected chi connectivity index (χ0v) is 13.2. The Kier molecular flexibility index (Phi) is 3.70. The van der Waals surface area contributed by atoms with Gasteiger partial charge in [-0.2, -0.15) is 0 Å². The molecule has 3 heterocycles. The number of benzene rings is 1. The molecule has 6 heteroatoms. The van der Waals surface area contributed by atoms with E-state index in [0.29, 0.717) is 17.9 Å². The van der Waals surface area contributed by atoms with Crippen LogP contribution in [-0.4, -0.2) is 10.9 Å². The van der Waals surface area contributed by atoms with Gasteiger partial charge in [0.05, 0.1) is 12.5 Å². The molecule has 124 valence electrons. The smallest absolute Gasteiger partial charge is 0.287 e. The van der Waals surface area contributed by atoms with Crippen molar-refractivity contribution in [2.75, 3.05) is 5.73 Å². The van der Waals surface area contributed by atoms with Gasteiger partial charge in [-0.25, -0.2) is 4.98 Å². The number of furan rings is 2. The number of anilines is 1. The van der Waals surface area contributed by atoms with Crippen LogP contribution in [0.2, 0.25) is 0 Å². The molecule has 0 bridgehead atoms. The maximum absolute atomic E-state index is 12.3. The van der Waals surface area contributed by atoms with Crippen LogP contribution in [0.5, 0.6) is 0 Å². The molecule has 0 fully saturated rings. The van der Waals surface area contributed by atoms with Crippen molar-refractivity contribution >= 4 is 22.7 Å². The lowest BCUT2D eigenvalue weighted by Gasteiger charge is -2.03. The van der Waals surface area contributed by atoms with Crippen LogP contribution in [0, 0.1) is 0 Å². The SMILES string of the molecule is Nc1cc(CNC(=O)c2cc3ccc(-c4ccoc4)cc3o2)ccn1. The van der Waals surface area contributed by atoms with Gasteiger partial charge in [0.15, 0.2) is 5.76 Å². The van der Waals surface area contributed by atoms with Crippen LogP contribution in [0.25, 0.3) is 22.1 Å². The van der Waals surface area contributed by atoms with E-state index in [-0.39, 0.29) is 11.7 Å². The van der Waals surface area contributed by atoms with Gasteiger partial charge in [0, 0.05) is 23.7 Å². The van der Waals surface area contributed by atoms with Crippen LogP contribution in [-0.2, 0) is 6.54 Å². The zero-order valence-electron chi connectivity index (χ0n) is 13.2. The number of hydrogen-bond acceptors (Lipinski definition) is 5. The monoisotopic (exact) mass is 333 g/mol. The van der Waals surface area contributed by atoms with Gasteiger partial charge in [-0.05, 0) is 41.5 Å². The molecule has 0 atom stereocenters. The van der Waals surface area contributed by atoms with Crippen molar-refractivity contribution in [3.8, 4) is 11.1 Å². The highest BCUT2D eigenvalue weighted by Gasteiger charge is 2.13. The number of carbonyl (C=O) groups is 1. The largest absolute Gasteiger partial charge is 0.472 e. The second-order valence-electron chi connectivity index (χ2n) is 5.65. The minimum atomic E-state index is -0.281. The van der Waals surface area contributed by atoms with Gasteiger partial charge >= 0.3 is 0 Å². The zero-order chi connectivity index (χ0) is 17.2. The molecule has 0 radical (unpaired) electrons. The number of amides is 1. The van der Waals surface area contributed by atoms with Gasteiger partial charge in [0.1, 0.15) is 11.4 Å². The summed E-state index contributed by atoms with van der Waals surface area (Å²) in [5.74, 6) is 0.403. The van der Waals surface area contributed by atoms with Gasteiger partial charge in [-0.1, -0.05) is 12.1 Å². The second-order valence-corrected chi connectivity index (χ2v) is 5.65. The summed E-state index contributed by atoms with van der Waals surface area (Å²) < 4.78 is 10.8. The van der Waals surface area contributed by atoms with Crippen molar-refractivity contribution in [1.82, 2.24) is 10.3 Å². The third-order valence-electron chi connectivity index (χ3n) is 3.90. The van der Waals surface area contributed by atoms with Crippen LogP contribution in [0.3, 0.4) is 0 Å². The van der Waals surface area contributed by atoms with Crippen molar-refractivity contribution < 1.29 is 13.6 Å². The summed E-state index contributed by atoms with van der Waals surface area (Å²) in [5.41, 5.74) is 9.08. The van der Waals surface area contributed by atoms with Crippen molar-refractivity contribution in [1.29, 1.82) is 0 Å². The number of nitrogens with two attached hydrogens (primary N) is 1. The summed E-state index contributed by atoms with van der Waals surface area (Å²) in [6, 6.07) is 12.9. The number of rotatable bonds is 4. The normalized spacial score (nSPS) is 10.9. The average Bonchev–Trinajstić information content (AvgIpc) is 3.28. The quantitative estimate of drug-likeness (QED) is 0.595. The average molecular weight is 333 g/mol. The third-order valence-corrected chi connectivity index (χ3v) is 3.90. The second kappa shape index (κ2) is 6.16. The molecule has 1 aromatic carbocycles. The fourth-order valence-electron chi connectivity index (χ4n) is 2.63. The Labute approximate surface area is 143 Å². The van der Waals surface area contributed by atoms with E-state index in [1.54, 1.807) is 36.9 Å². The number of nitrogens with one attached hydrogen (secondary N) is 1. The van der Waals surface area contributed by atoms with E-state index in [1.807, 2.05) is 24.3 Å². The van der Waals surface area contributed by atoms with E-state index in [2.05, 4.69) is 10.3 Å². The van der Waals surface area contributed by atoms with Crippen molar-refractivity contribution in [2.45, 2.75) is 6.54 Å². The molecular weight excluding hydrogens is 318 g/mol. The van der Waals surface area contributed by atoms with E-state index in [9.17, 15) is 4.79 Å². The number of carbonyl (C=O) groups excluding carboxylic acids is 1. The van der Waals surface area contributed by atoms with Crippen LogP contribution in [0.15, 0.2) is 70.0 Å². The number of hydrogen-bond donors (Lipinski definition) is 2. The number of nitrogen functional groups attached to an aromatic ring is 1. The molecule has 0 aliphatic rings. The maximum Gasteiger partial charge on any atom is 0.287 e. The number of fused-ring (bicyclic) bond motifs is 1. The highest BCUT2D eigenvalue weighted by Crippen LogP contribution is 2.27. The van der Waals surface area contributed by atoms with E-state index in [1.165, 1.54) is 0 Å². The Hall–Kier alpha value is -3.54. The summed E-state index contributed by atoms with van der Waals surface area (Å²) in [4.78, 5) is 16.2. The maximum atomic E-state index is 12.3. The number of nitrogens with zero attached hydrogens (tertiary/aromatic N) is 1. The predicted octanol–water partition coefficient (Wildman–Crippen LogP) is 3.60. The van der Waals surface area contributed by atoms with Crippen LogP contribution in [0.1, 0.15) is 16.1 Å². The Morgan fingerprint density at radius 3 is 2.84 bits per heavy atom. The third kappa shape index (κ3) is 3.10. The van der Waals surface area contributed by atoms with Gasteiger partial charge in [-0.3, -0.25) is 4.79 Å². The summed E-state index contributed by atoms with van der Waals surface area (Å²) >= 11 is 0. The lowest BCUT2D eigenvalue weighted by molar-refractivity contribution is 0.0925.